The van der Waals surface area contributed by atoms with Crippen molar-refractivity contribution in [1.82, 2.24) is 15.1 Å². The van der Waals surface area contributed by atoms with Crippen LogP contribution in [0, 0.1) is 19.8 Å². The van der Waals surface area contributed by atoms with Crippen molar-refractivity contribution in [3.63, 3.8) is 0 Å². The van der Waals surface area contributed by atoms with Crippen molar-refractivity contribution in [2.45, 2.75) is 58.9 Å². The average Bonchev–Trinajstić information content (AvgIpc) is 2.64. The first-order valence-corrected chi connectivity index (χ1v) is 7.32. The van der Waals surface area contributed by atoms with Crippen LogP contribution in [-0.4, -0.2) is 23.4 Å². The summed E-state index contributed by atoms with van der Waals surface area (Å²) in [5.41, 5.74) is 4.06. The van der Waals surface area contributed by atoms with Gasteiger partial charge >= 0.3 is 0 Å². The van der Waals surface area contributed by atoms with E-state index < -0.39 is 0 Å². The summed E-state index contributed by atoms with van der Waals surface area (Å²) in [7, 11) is 2.01. The smallest absolute Gasteiger partial charge is 0.0629 e. The molecule has 1 aromatic rings. The number of nitrogens with zero attached hydrogens (tertiary/aromatic N) is 2. The van der Waals surface area contributed by atoms with E-state index >= 15 is 0 Å². The van der Waals surface area contributed by atoms with E-state index in [4.69, 9.17) is 5.10 Å². The topological polar surface area (TPSA) is 29.9 Å². The number of hydrogen-bond donors (Lipinski definition) is 1. The second kappa shape index (κ2) is 5.87. The lowest BCUT2D eigenvalue weighted by atomic mass is 9.87. The second-order valence-electron chi connectivity index (χ2n) is 5.86. The molecule has 0 aromatic carbocycles. The summed E-state index contributed by atoms with van der Waals surface area (Å²) in [6.07, 6.45) is 6.41. The molecule has 0 saturated heterocycles. The van der Waals surface area contributed by atoms with Crippen LogP contribution in [0.25, 0.3) is 0 Å². The maximum Gasteiger partial charge on any atom is 0.0629 e. The van der Waals surface area contributed by atoms with Gasteiger partial charge in [-0.3, -0.25) is 4.68 Å². The molecular formula is C15H27N3. The van der Waals surface area contributed by atoms with Crippen LogP contribution in [-0.2, 0) is 6.42 Å². The standard InChI is InChI=1S/C15H27N3/c1-11-5-7-14(8-6-11)18-13(3)15(9-10-16-4)12(2)17-18/h11,14,16H,5-10H2,1-4H3. The molecule has 0 atom stereocenters. The van der Waals surface area contributed by atoms with Crippen molar-refractivity contribution in [3.05, 3.63) is 17.0 Å². The zero-order valence-corrected chi connectivity index (χ0v) is 12.3. The summed E-state index contributed by atoms with van der Waals surface area (Å²) < 4.78 is 2.31. The van der Waals surface area contributed by atoms with Crippen LogP contribution in [0.5, 0.6) is 0 Å². The third-order valence-electron chi connectivity index (χ3n) is 4.43. The zero-order valence-electron chi connectivity index (χ0n) is 12.3. The van der Waals surface area contributed by atoms with Crippen molar-refractivity contribution >= 4 is 0 Å². The summed E-state index contributed by atoms with van der Waals surface area (Å²) >= 11 is 0. The van der Waals surface area contributed by atoms with E-state index in [0.29, 0.717) is 6.04 Å². The van der Waals surface area contributed by atoms with Crippen LogP contribution in [0.2, 0.25) is 0 Å². The fourth-order valence-electron chi connectivity index (χ4n) is 3.15. The molecule has 1 aliphatic rings. The fourth-order valence-corrected chi connectivity index (χ4v) is 3.15. The Morgan fingerprint density at radius 1 is 1.22 bits per heavy atom. The van der Waals surface area contributed by atoms with Gasteiger partial charge in [-0.05, 0) is 71.0 Å². The van der Waals surface area contributed by atoms with Crippen molar-refractivity contribution < 1.29 is 0 Å². The molecule has 3 nitrogen and oxygen atoms in total. The number of likely N-dealkylation sites (N-methyl/N-ethyl adjacent to an activating group) is 1. The van der Waals surface area contributed by atoms with E-state index in [2.05, 4.69) is 30.8 Å². The molecule has 3 heteroatoms. The predicted molar refractivity (Wildman–Crippen MR) is 76.0 cm³/mol. The molecule has 1 aliphatic carbocycles. The first kappa shape index (κ1) is 13.6. The number of nitrogens with one attached hydrogen (secondary N) is 1. The molecule has 102 valence electrons. The first-order valence-electron chi connectivity index (χ1n) is 7.32. The van der Waals surface area contributed by atoms with Gasteiger partial charge < -0.3 is 5.32 Å². The lowest BCUT2D eigenvalue weighted by molar-refractivity contribution is 0.270. The van der Waals surface area contributed by atoms with Crippen LogP contribution in [0.1, 0.15) is 55.6 Å². The van der Waals surface area contributed by atoms with E-state index in [9.17, 15) is 0 Å². The van der Waals surface area contributed by atoms with Crippen molar-refractivity contribution in [3.8, 4) is 0 Å². The van der Waals surface area contributed by atoms with Gasteiger partial charge in [0.05, 0.1) is 11.7 Å². The first-order chi connectivity index (χ1) is 8.63. The summed E-state index contributed by atoms with van der Waals surface area (Å²) in [6.45, 7) is 7.80. The van der Waals surface area contributed by atoms with Crippen molar-refractivity contribution in [1.29, 1.82) is 0 Å². The molecule has 0 bridgehead atoms. The van der Waals surface area contributed by atoms with Crippen LogP contribution in [0.15, 0.2) is 0 Å². The van der Waals surface area contributed by atoms with Crippen LogP contribution in [0.4, 0.5) is 0 Å². The maximum atomic E-state index is 4.80. The van der Waals surface area contributed by atoms with E-state index in [0.717, 1.165) is 18.9 Å². The zero-order chi connectivity index (χ0) is 13.1. The number of rotatable bonds is 4. The maximum absolute atomic E-state index is 4.80. The van der Waals surface area contributed by atoms with Gasteiger partial charge in [-0.15, -0.1) is 0 Å². The minimum Gasteiger partial charge on any atom is -0.319 e. The number of hydrogen-bond acceptors (Lipinski definition) is 2. The molecule has 0 aliphatic heterocycles. The van der Waals surface area contributed by atoms with Crippen LogP contribution >= 0.6 is 0 Å². The SMILES string of the molecule is CNCCc1c(C)nn(C2CCC(C)CC2)c1C. The van der Waals surface area contributed by atoms with Gasteiger partial charge in [-0.1, -0.05) is 6.92 Å². The minimum absolute atomic E-state index is 0.642. The van der Waals surface area contributed by atoms with E-state index in [1.807, 2.05) is 7.05 Å². The predicted octanol–water partition coefficient (Wildman–Crippen LogP) is 3.01. The Bertz CT molecular complexity index is 387. The monoisotopic (exact) mass is 249 g/mol. The van der Waals surface area contributed by atoms with Gasteiger partial charge in [0.1, 0.15) is 0 Å². The normalized spacial score (nSPS) is 24.4. The van der Waals surface area contributed by atoms with Crippen LogP contribution < -0.4 is 5.32 Å². The molecule has 1 heterocycles. The Kier molecular flexibility index (Phi) is 4.44. The lowest BCUT2D eigenvalue weighted by Crippen LogP contribution is -2.19. The largest absolute Gasteiger partial charge is 0.319 e. The molecule has 1 saturated carbocycles. The lowest BCUT2D eigenvalue weighted by Gasteiger charge is -2.27. The molecule has 0 radical (unpaired) electrons. The summed E-state index contributed by atoms with van der Waals surface area (Å²) in [5, 5.41) is 8.03. The highest BCUT2D eigenvalue weighted by molar-refractivity contribution is 5.25. The Morgan fingerprint density at radius 2 is 1.89 bits per heavy atom. The molecule has 1 aromatic heterocycles. The van der Waals surface area contributed by atoms with Crippen LogP contribution in [0.3, 0.4) is 0 Å². The molecule has 0 unspecified atom stereocenters. The van der Waals surface area contributed by atoms with Gasteiger partial charge in [-0.25, -0.2) is 0 Å². The van der Waals surface area contributed by atoms with E-state index in [-0.39, 0.29) is 0 Å². The van der Waals surface area contributed by atoms with Crippen molar-refractivity contribution in [2.75, 3.05) is 13.6 Å². The summed E-state index contributed by atoms with van der Waals surface area (Å²) in [4.78, 5) is 0. The second-order valence-corrected chi connectivity index (χ2v) is 5.86. The van der Waals surface area contributed by atoms with Gasteiger partial charge in [0, 0.05) is 5.69 Å². The van der Waals surface area contributed by atoms with Gasteiger partial charge in [0.15, 0.2) is 0 Å². The Balaban J connectivity index is 2.13. The highest BCUT2D eigenvalue weighted by atomic mass is 15.3. The molecule has 2 rings (SSSR count). The van der Waals surface area contributed by atoms with Gasteiger partial charge in [0.25, 0.3) is 0 Å². The highest BCUT2D eigenvalue weighted by Crippen LogP contribution is 2.33. The Hall–Kier alpha value is -0.830. The van der Waals surface area contributed by atoms with Crippen molar-refractivity contribution in [2.24, 2.45) is 5.92 Å². The summed E-state index contributed by atoms with van der Waals surface area (Å²) in [6, 6.07) is 0.642. The molecule has 18 heavy (non-hydrogen) atoms. The van der Waals surface area contributed by atoms with Gasteiger partial charge in [0.2, 0.25) is 0 Å². The fraction of sp³-hybridized carbons (Fsp3) is 0.800. The molecular weight excluding hydrogens is 222 g/mol. The Labute approximate surface area is 111 Å². The van der Waals surface area contributed by atoms with E-state index in [1.165, 1.54) is 42.6 Å². The number of aryl methyl sites for hydroxylation is 1. The Morgan fingerprint density at radius 3 is 2.50 bits per heavy atom. The highest BCUT2D eigenvalue weighted by Gasteiger charge is 2.23. The summed E-state index contributed by atoms with van der Waals surface area (Å²) in [5.74, 6) is 0.905. The molecule has 0 spiro atoms. The quantitative estimate of drug-likeness (QED) is 0.889. The average molecular weight is 249 g/mol. The molecule has 0 amide bonds. The number of aromatic nitrogens is 2. The third-order valence-corrected chi connectivity index (χ3v) is 4.43. The third kappa shape index (κ3) is 2.77. The minimum atomic E-state index is 0.642. The molecule has 1 fully saturated rings. The van der Waals surface area contributed by atoms with E-state index in [1.54, 1.807) is 0 Å². The van der Waals surface area contributed by atoms with Gasteiger partial charge in [-0.2, -0.15) is 5.10 Å². The molecule has 1 N–H and O–H groups in total.